The molecule has 0 saturated heterocycles. The molecule has 0 bridgehead atoms. The zero-order valence-corrected chi connectivity index (χ0v) is 7.92. The number of hydrogen-bond donors (Lipinski definition) is 2. The van der Waals surface area contributed by atoms with E-state index in [0.717, 1.165) is 11.1 Å². The SMILES string of the molecule is Cl.NOCc1ccc(CON)cc1. The summed E-state index contributed by atoms with van der Waals surface area (Å²) in [6, 6.07) is 7.67. The minimum Gasteiger partial charge on any atom is -0.300 e. The molecule has 0 amide bonds. The van der Waals surface area contributed by atoms with Gasteiger partial charge in [-0.2, -0.15) is 0 Å². The molecule has 5 heteroatoms. The van der Waals surface area contributed by atoms with Crippen molar-refractivity contribution in [1.29, 1.82) is 0 Å². The first-order chi connectivity index (χ1) is 5.86. The Morgan fingerprint density at radius 1 is 0.846 bits per heavy atom. The molecule has 0 atom stereocenters. The molecule has 4 nitrogen and oxygen atoms in total. The van der Waals surface area contributed by atoms with Gasteiger partial charge >= 0.3 is 0 Å². The predicted molar refractivity (Wildman–Crippen MR) is 51.6 cm³/mol. The van der Waals surface area contributed by atoms with Crippen molar-refractivity contribution in [3.63, 3.8) is 0 Å². The first kappa shape index (κ1) is 12.3. The summed E-state index contributed by atoms with van der Waals surface area (Å²) in [6.45, 7) is 0.841. The summed E-state index contributed by atoms with van der Waals surface area (Å²) in [4.78, 5) is 8.94. The molecule has 0 aromatic heterocycles. The van der Waals surface area contributed by atoms with Gasteiger partial charge in [0.2, 0.25) is 0 Å². The Kier molecular flexibility index (Phi) is 6.48. The van der Waals surface area contributed by atoms with Gasteiger partial charge in [0, 0.05) is 0 Å². The van der Waals surface area contributed by atoms with Gasteiger partial charge in [-0.15, -0.1) is 12.4 Å². The summed E-state index contributed by atoms with van der Waals surface area (Å²) in [7, 11) is 0. The molecule has 1 rings (SSSR count). The van der Waals surface area contributed by atoms with Crippen molar-refractivity contribution in [2.24, 2.45) is 11.8 Å². The van der Waals surface area contributed by atoms with Gasteiger partial charge in [0.05, 0.1) is 13.2 Å². The Balaban J connectivity index is 0.00000144. The summed E-state index contributed by atoms with van der Waals surface area (Å²) in [5, 5.41) is 0. The van der Waals surface area contributed by atoms with Crippen LogP contribution < -0.4 is 11.8 Å². The lowest BCUT2D eigenvalue weighted by Crippen LogP contribution is -2.00. The Bertz CT molecular complexity index is 203. The maximum atomic E-state index is 4.91. The van der Waals surface area contributed by atoms with Crippen LogP contribution in [0.25, 0.3) is 0 Å². The minimum absolute atomic E-state index is 0. The number of hydrogen-bond acceptors (Lipinski definition) is 4. The van der Waals surface area contributed by atoms with E-state index < -0.39 is 0 Å². The second kappa shape index (κ2) is 6.82. The number of rotatable bonds is 4. The molecule has 4 N–H and O–H groups in total. The molecular formula is C8H13ClN2O2. The third kappa shape index (κ3) is 4.21. The molecule has 0 aliphatic heterocycles. The monoisotopic (exact) mass is 204 g/mol. The van der Waals surface area contributed by atoms with Crippen LogP contribution >= 0.6 is 12.4 Å². The van der Waals surface area contributed by atoms with Crippen LogP contribution in [-0.2, 0) is 22.9 Å². The standard InChI is InChI=1S/C8H12N2O2.ClH/c9-11-5-7-1-2-8(4-3-7)6-12-10;/h1-4H,5-6,9-10H2;1H. The molecule has 0 fully saturated rings. The molecule has 0 saturated carbocycles. The average Bonchev–Trinajstić information content (AvgIpc) is 2.09. The first-order valence-electron chi connectivity index (χ1n) is 3.58. The number of nitrogens with two attached hydrogens (primary N) is 2. The number of benzene rings is 1. The summed E-state index contributed by atoms with van der Waals surface area (Å²) in [5.74, 6) is 9.83. The maximum Gasteiger partial charge on any atom is 0.0930 e. The topological polar surface area (TPSA) is 70.5 Å². The van der Waals surface area contributed by atoms with E-state index in [1.807, 2.05) is 24.3 Å². The molecule has 0 unspecified atom stereocenters. The normalized spacial score (nSPS) is 9.38. The van der Waals surface area contributed by atoms with Gasteiger partial charge in [0.15, 0.2) is 0 Å². The van der Waals surface area contributed by atoms with Crippen molar-refractivity contribution in [2.45, 2.75) is 13.2 Å². The van der Waals surface area contributed by atoms with E-state index >= 15 is 0 Å². The lowest BCUT2D eigenvalue weighted by molar-refractivity contribution is 0.122. The highest BCUT2D eigenvalue weighted by molar-refractivity contribution is 5.85. The Labute approximate surface area is 83.1 Å². The quantitative estimate of drug-likeness (QED) is 0.715. The van der Waals surface area contributed by atoms with Crippen molar-refractivity contribution < 1.29 is 9.68 Å². The van der Waals surface area contributed by atoms with Gasteiger partial charge in [0.1, 0.15) is 0 Å². The molecule has 0 spiro atoms. The van der Waals surface area contributed by atoms with Gasteiger partial charge in [-0.1, -0.05) is 24.3 Å². The highest BCUT2D eigenvalue weighted by Gasteiger charge is 1.93. The van der Waals surface area contributed by atoms with E-state index in [-0.39, 0.29) is 12.4 Å². The summed E-state index contributed by atoms with van der Waals surface area (Å²) in [6.07, 6.45) is 0. The zero-order valence-electron chi connectivity index (χ0n) is 7.10. The second-order valence-corrected chi connectivity index (χ2v) is 2.44. The van der Waals surface area contributed by atoms with Crippen LogP contribution in [0.5, 0.6) is 0 Å². The van der Waals surface area contributed by atoms with E-state index in [1.165, 1.54) is 0 Å². The molecule has 13 heavy (non-hydrogen) atoms. The highest BCUT2D eigenvalue weighted by Crippen LogP contribution is 2.05. The molecule has 1 aromatic carbocycles. The fourth-order valence-corrected chi connectivity index (χ4v) is 0.924. The average molecular weight is 205 g/mol. The van der Waals surface area contributed by atoms with E-state index in [9.17, 15) is 0 Å². The van der Waals surface area contributed by atoms with Gasteiger partial charge in [-0.25, -0.2) is 11.8 Å². The van der Waals surface area contributed by atoms with Gasteiger partial charge in [0.25, 0.3) is 0 Å². The first-order valence-corrected chi connectivity index (χ1v) is 3.58. The molecule has 0 heterocycles. The van der Waals surface area contributed by atoms with Gasteiger partial charge < -0.3 is 0 Å². The largest absolute Gasteiger partial charge is 0.300 e. The lowest BCUT2D eigenvalue weighted by Gasteiger charge is -2.01. The highest BCUT2D eigenvalue weighted by atomic mass is 35.5. The van der Waals surface area contributed by atoms with E-state index in [0.29, 0.717) is 13.2 Å². The van der Waals surface area contributed by atoms with E-state index in [4.69, 9.17) is 11.8 Å². The maximum absolute atomic E-state index is 4.91. The Hall–Kier alpha value is -0.650. The molecule has 0 aliphatic carbocycles. The molecule has 0 radical (unpaired) electrons. The van der Waals surface area contributed by atoms with Crippen LogP contribution in [0.1, 0.15) is 11.1 Å². The third-order valence-electron chi connectivity index (χ3n) is 1.52. The summed E-state index contributed by atoms with van der Waals surface area (Å²) >= 11 is 0. The van der Waals surface area contributed by atoms with E-state index in [2.05, 4.69) is 9.68 Å². The lowest BCUT2D eigenvalue weighted by atomic mass is 10.1. The molecule has 74 valence electrons. The summed E-state index contributed by atoms with van der Waals surface area (Å²) < 4.78 is 0. The summed E-state index contributed by atoms with van der Waals surface area (Å²) in [5.41, 5.74) is 2.05. The smallest absolute Gasteiger partial charge is 0.0930 e. The van der Waals surface area contributed by atoms with Crippen LogP contribution in [0.4, 0.5) is 0 Å². The molecule has 1 aromatic rings. The van der Waals surface area contributed by atoms with E-state index in [1.54, 1.807) is 0 Å². The van der Waals surface area contributed by atoms with Crippen molar-refractivity contribution in [2.75, 3.05) is 0 Å². The Morgan fingerprint density at radius 2 is 1.15 bits per heavy atom. The van der Waals surface area contributed by atoms with Crippen LogP contribution in [0, 0.1) is 0 Å². The van der Waals surface area contributed by atoms with Crippen LogP contribution in [-0.4, -0.2) is 0 Å². The predicted octanol–water partition coefficient (Wildman–Crippen LogP) is 0.889. The molecule has 0 aliphatic rings. The van der Waals surface area contributed by atoms with Crippen LogP contribution in [0.15, 0.2) is 24.3 Å². The third-order valence-corrected chi connectivity index (χ3v) is 1.52. The van der Waals surface area contributed by atoms with Crippen LogP contribution in [0.3, 0.4) is 0 Å². The van der Waals surface area contributed by atoms with Crippen molar-refractivity contribution in [3.8, 4) is 0 Å². The fraction of sp³-hybridized carbons (Fsp3) is 0.250. The van der Waals surface area contributed by atoms with Crippen molar-refractivity contribution in [1.82, 2.24) is 0 Å². The van der Waals surface area contributed by atoms with Crippen molar-refractivity contribution >= 4 is 12.4 Å². The zero-order chi connectivity index (χ0) is 8.81. The minimum atomic E-state index is 0. The Morgan fingerprint density at radius 3 is 1.38 bits per heavy atom. The van der Waals surface area contributed by atoms with Gasteiger partial charge in [-0.3, -0.25) is 9.68 Å². The second-order valence-electron chi connectivity index (χ2n) is 2.44. The van der Waals surface area contributed by atoms with Gasteiger partial charge in [-0.05, 0) is 11.1 Å². The fourth-order valence-electron chi connectivity index (χ4n) is 0.924. The van der Waals surface area contributed by atoms with Crippen LogP contribution in [0.2, 0.25) is 0 Å². The molecular weight excluding hydrogens is 192 g/mol. The van der Waals surface area contributed by atoms with Crippen molar-refractivity contribution in [3.05, 3.63) is 35.4 Å². The number of halogens is 1.